The van der Waals surface area contributed by atoms with Crippen molar-refractivity contribution in [2.45, 2.75) is 76.3 Å². The molecule has 0 spiro atoms. The van der Waals surface area contributed by atoms with E-state index in [2.05, 4.69) is 31.3 Å². The first-order valence-electron chi connectivity index (χ1n) is 20.3. The normalized spacial score (nSPS) is 14.6. The summed E-state index contributed by atoms with van der Waals surface area (Å²) in [5.74, 6) is -0.362. The van der Waals surface area contributed by atoms with Crippen LogP contribution >= 0.6 is 0 Å². The number of amides is 4. The van der Waals surface area contributed by atoms with E-state index in [0.717, 1.165) is 25.7 Å². The van der Waals surface area contributed by atoms with Crippen molar-refractivity contribution in [3.8, 4) is 23.0 Å². The van der Waals surface area contributed by atoms with Crippen LogP contribution in [0.4, 0.5) is 0 Å². The molecule has 0 heterocycles. The van der Waals surface area contributed by atoms with Crippen LogP contribution in [0, 0.1) is 0 Å². The fourth-order valence-corrected chi connectivity index (χ4v) is 6.50. The quantitative estimate of drug-likeness (QED) is 0.0400. The third kappa shape index (κ3) is 16.0. The molecule has 0 atom stereocenters. The molecule has 0 unspecified atom stereocenters. The van der Waals surface area contributed by atoms with Crippen LogP contribution in [0.2, 0.25) is 0 Å². The van der Waals surface area contributed by atoms with Gasteiger partial charge in [0, 0.05) is 57.4 Å². The number of likely N-dealkylation sites (N-methyl/N-ethyl adjacent to an activating group) is 1. The molecular weight excluding hydrogens is 775 g/mol. The molecule has 0 aromatic heterocycles. The Morgan fingerprint density at radius 2 is 1.03 bits per heavy atom. The van der Waals surface area contributed by atoms with Gasteiger partial charge < -0.3 is 68.0 Å². The van der Waals surface area contributed by atoms with Gasteiger partial charge in [-0.1, -0.05) is 0 Å². The number of nitrogens with two attached hydrogens (primary N) is 4. The van der Waals surface area contributed by atoms with Gasteiger partial charge in [-0.3, -0.25) is 29.2 Å². The minimum absolute atomic E-state index is 0.0408. The number of nitrogens with zero attached hydrogens (tertiary/aromatic N) is 3. The lowest BCUT2D eigenvalue weighted by molar-refractivity contribution is 0.0886. The van der Waals surface area contributed by atoms with Crippen LogP contribution in [-0.2, 0) is 0 Å². The number of nitrogens with one attached hydrogen (secondary N) is 4. The predicted octanol–water partition coefficient (Wildman–Crippen LogP) is 1.47. The fraction of sp³-hybridized carbons (Fsp3) is 0.561. The standard InChI is InChI=1S/C41H65N11O8/c1-46-36(53)28-22-29(33(58-5)24-32(28)57-4)38(55)50-26-12-14-27(15-13-26)51-39(56)31-23-30(37(54)47-18-19-52(2)3)34(59-20-10-6-8-16-48-40(42)43)25-35(31)60-21-11-7-9-17-49-41(44)45/h22-27H,6-21H2,1-5H3,(H,46,53)(H,47,54)(H,50,55)(H,51,56)(H4,42,43,48)(H4,44,45,49). The maximum atomic E-state index is 14.1. The van der Waals surface area contributed by atoms with E-state index in [-0.39, 0.29) is 69.4 Å². The van der Waals surface area contributed by atoms with Crippen LogP contribution in [0.1, 0.15) is 106 Å². The first-order valence-corrected chi connectivity index (χ1v) is 20.3. The summed E-state index contributed by atoms with van der Waals surface area (Å²) < 4.78 is 23.2. The molecule has 19 heteroatoms. The summed E-state index contributed by atoms with van der Waals surface area (Å²) in [6.45, 7) is 2.62. The van der Waals surface area contributed by atoms with E-state index >= 15 is 0 Å². The number of hydrogen-bond donors (Lipinski definition) is 8. The maximum Gasteiger partial charge on any atom is 0.255 e. The number of benzene rings is 2. The lowest BCUT2D eigenvalue weighted by atomic mass is 9.90. The zero-order valence-corrected chi connectivity index (χ0v) is 35.7. The molecule has 1 aliphatic rings. The van der Waals surface area contributed by atoms with E-state index in [1.165, 1.54) is 39.5 Å². The van der Waals surface area contributed by atoms with Crippen LogP contribution in [0.3, 0.4) is 0 Å². The summed E-state index contributed by atoms with van der Waals surface area (Å²) in [7, 11) is 8.19. The summed E-state index contributed by atoms with van der Waals surface area (Å²) >= 11 is 0. The van der Waals surface area contributed by atoms with Gasteiger partial charge in [-0.25, -0.2) is 0 Å². The van der Waals surface area contributed by atoms with Crippen molar-refractivity contribution in [1.82, 2.24) is 26.2 Å². The number of carbonyl (C=O) groups excluding carboxylic acids is 4. The lowest BCUT2D eigenvalue weighted by Crippen LogP contribution is -2.44. The summed E-state index contributed by atoms with van der Waals surface area (Å²) in [6, 6.07) is 5.71. The number of methoxy groups -OCH3 is 2. The smallest absolute Gasteiger partial charge is 0.255 e. The van der Waals surface area contributed by atoms with Crippen molar-refractivity contribution < 1.29 is 38.1 Å². The van der Waals surface area contributed by atoms with Crippen LogP contribution in [0.5, 0.6) is 23.0 Å². The van der Waals surface area contributed by atoms with Crippen molar-refractivity contribution in [2.24, 2.45) is 32.9 Å². The first-order chi connectivity index (χ1) is 28.8. The third-order valence-corrected chi connectivity index (χ3v) is 9.76. The molecule has 2 aromatic carbocycles. The first kappa shape index (κ1) is 48.4. The van der Waals surface area contributed by atoms with E-state index in [1.54, 1.807) is 6.07 Å². The Morgan fingerprint density at radius 3 is 1.45 bits per heavy atom. The highest BCUT2D eigenvalue weighted by molar-refractivity contribution is 6.04. The number of carbonyl (C=O) groups is 4. The van der Waals surface area contributed by atoms with Gasteiger partial charge in [0.15, 0.2) is 11.9 Å². The van der Waals surface area contributed by atoms with Crippen molar-refractivity contribution in [2.75, 3.05) is 74.8 Å². The zero-order chi connectivity index (χ0) is 44.0. The molecular formula is C41H65N11O8. The molecule has 3 rings (SSSR count). The minimum atomic E-state index is -0.403. The Bertz CT molecular complexity index is 1790. The minimum Gasteiger partial charge on any atom is -0.496 e. The van der Waals surface area contributed by atoms with Gasteiger partial charge in [0.05, 0.1) is 49.7 Å². The average molecular weight is 840 g/mol. The Morgan fingerprint density at radius 1 is 0.617 bits per heavy atom. The Labute approximate surface area is 352 Å². The van der Waals surface area contributed by atoms with E-state index < -0.39 is 17.7 Å². The molecule has 0 radical (unpaired) electrons. The van der Waals surface area contributed by atoms with E-state index in [0.29, 0.717) is 83.7 Å². The van der Waals surface area contributed by atoms with Gasteiger partial charge in [0.1, 0.15) is 23.0 Å². The second kappa shape index (κ2) is 25.5. The largest absolute Gasteiger partial charge is 0.496 e. The van der Waals surface area contributed by atoms with Crippen LogP contribution < -0.4 is 63.1 Å². The van der Waals surface area contributed by atoms with Gasteiger partial charge in [-0.15, -0.1) is 0 Å². The Balaban J connectivity index is 1.78. The molecule has 60 heavy (non-hydrogen) atoms. The predicted molar refractivity (Wildman–Crippen MR) is 231 cm³/mol. The van der Waals surface area contributed by atoms with Crippen molar-refractivity contribution in [3.05, 3.63) is 46.5 Å². The second-order valence-electron chi connectivity index (χ2n) is 14.7. The molecule has 1 fully saturated rings. The molecule has 1 saturated carbocycles. The van der Waals surface area contributed by atoms with Gasteiger partial charge in [-0.05, 0) is 90.4 Å². The fourth-order valence-electron chi connectivity index (χ4n) is 6.50. The highest BCUT2D eigenvalue weighted by Crippen LogP contribution is 2.32. The van der Waals surface area contributed by atoms with Crippen LogP contribution in [0.25, 0.3) is 0 Å². The summed E-state index contributed by atoms with van der Waals surface area (Å²) in [6.07, 6.45) is 6.78. The monoisotopic (exact) mass is 840 g/mol. The lowest BCUT2D eigenvalue weighted by Gasteiger charge is -2.30. The van der Waals surface area contributed by atoms with E-state index in [1.807, 2.05) is 19.0 Å². The Hall–Kier alpha value is -5.98. The highest BCUT2D eigenvalue weighted by atomic mass is 16.5. The van der Waals surface area contributed by atoms with Crippen molar-refractivity contribution in [1.29, 1.82) is 0 Å². The van der Waals surface area contributed by atoms with E-state index in [4.69, 9.17) is 41.9 Å². The average Bonchev–Trinajstić information content (AvgIpc) is 3.22. The SMILES string of the molecule is CNC(=O)c1cc(C(=O)NC2CCC(NC(=O)c3cc(C(=O)NCCN(C)C)c(OCCCCCN=C(N)N)cc3OCCCCCN=C(N)N)CC2)c(OC)cc1OC. The topological polar surface area (TPSA) is 285 Å². The highest BCUT2D eigenvalue weighted by Gasteiger charge is 2.28. The summed E-state index contributed by atoms with van der Waals surface area (Å²) in [5.41, 5.74) is 22.6. The molecule has 0 bridgehead atoms. The van der Waals surface area contributed by atoms with Crippen LogP contribution in [0.15, 0.2) is 34.3 Å². The number of rotatable bonds is 25. The van der Waals surface area contributed by atoms with E-state index in [9.17, 15) is 19.2 Å². The number of ether oxygens (including phenoxy) is 4. The van der Waals surface area contributed by atoms with Crippen molar-refractivity contribution >= 4 is 35.5 Å². The van der Waals surface area contributed by atoms with Gasteiger partial charge >= 0.3 is 0 Å². The second-order valence-corrected chi connectivity index (χ2v) is 14.7. The van der Waals surface area contributed by atoms with Gasteiger partial charge in [-0.2, -0.15) is 0 Å². The molecule has 0 saturated heterocycles. The zero-order valence-electron chi connectivity index (χ0n) is 35.7. The Kier molecular flexibility index (Phi) is 20.6. The molecule has 332 valence electrons. The van der Waals surface area contributed by atoms with Gasteiger partial charge in [0.25, 0.3) is 23.6 Å². The molecule has 12 N–H and O–H groups in total. The van der Waals surface area contributed by atoms with Gasteiger partial charge in [0.2, 0.25) is 0 Å². The van der Waals surface area contributed by atoms with Crippen LogP contribution in [-0.4, -0.2) is 127 Å². The molecule has 0 aliphatic heterocycles. The summed E-state index contributed by atoms with van der Waals surface area (Å²) in [4.78, 5) is 63.7. The summed E-state index contributed by atoms with van der Waals surface area (Å²) in [5, 5.41) is 11.7. The number of unbranched alkanes of at least 4 members (excludes halogenated alkanes) is 4. The number of aliphatic imine (C=N–C) groups is 2. The maximum absolute atomic E-state index is 14.1. The molecule has 4 amide bonds. The number of guanidine groups is 2. The molecule has 19 nitrogen and oxygen atoms in total. The third-order valence-electron chi connectivity index (χ3n) is 9.76. The molecule has 1 aliphatic carbocycles. The van der Waals surface area contributed by atoms with Crippen molar-refractivity contribution in [3.63, 3.8) is 0 Å². The molecule has 2 aromatic rings. The number of hydrogen-bond acceptors (Lipinski definition) is 11.